The largest absolute Gasteiger partial charge is 0.492 e. The second-order valence-electron chi connectivity index (χ2n) is 5.82. The van der Waals surface area contributed by atoms with E-state index in [1.807, 2.05) is 57.4 Å². The third kappa shape index (κ3) is 4.74. The number of rotatable bonds is 7. The summed E-state index contributed by atoms with van der Waals surface area (Å²) in [4.78, 5) is 10.9. The molecule has 0 bridgehead atoms. The van der Waals surface area contributed by atoms with Crippen LogP contribution in [0.5, 0.6) is 5.75 Å². The predicted molar refractivity (Wildman–Crippen MR) is 104 cm³/mol. The molecule has 0 radical (unpaired) electrons. The lowest BCUT2D eigenvalue weighted by Crippen LogP contribution is -2.19. The van der Waals surface area contributed by atoms with Gasteiger partial charge in [-0.05, 0) is 39.2 Å². The van der Waals surface area contributed by atoms with E-state index in [9.17, 15) is 0 Å². The average Bonchev–Trinajstić information content (AvgIpc) is 3.02. The Morgan fingerprint density at radius 1 is 1.28 bits per heavy atom. The molecule has 130 valence electrons. The monoisotopic (exact) mass is 355 g/mol. The van der Waals surface area contributed by atoms with Crippen LogP contribution in [0.15, 0.2) is 47.7 Å². The molecule has 25 heavy (non-hydrogen) atoms. The third-order valence-electron chi connectivity index (χ3n) is 3.52. The van der Waals surface area contributed by atoms with Crippen LogP contribution in [0, 0.1) is 0 Å². The van der Waals surface area contributed by atoms with E-state index in [1.165, 1.54) is 0 Å². The highest BCUT2D eigenvalue weighted by molar-refractivity contribution is 7.22. The molecular formula is C18H21N5OS. The molecule has 2 heterocycles. The molecule has 6 nitrogen and oxygen atoms in total. The Balaban J connectivity index is 1.67. The Morgan fingerprint density at radius 2 is 2.12 bits per heavy atom. The molecule has 0 saturated carbocycles. The van der Waals surface area contributed by atoms with Crippen LogP contribution in [0.4, 0.5) is 5.13 Å². The Hall–Kier alpha value is -2.51. The summed E-state index contributed by atoms with van der Waals surface area (Å²) in [6.07, 6.45) is 1.73. The number of hydrazone groups is 1. The van der Waals surface area contributed by atoms with Crippen LogP contribution in [0.2, 0.25) is 0 Å². The van der Waals surface area contributed by atoms with Gasteiger partial charge in [-0.3, -0.25) is 10.4 Å². The van der Waals surface area contributed by atoms with E-state index in [1.54, 1.807) is 17.5 Å². The summed E-state index contributed by atoms with van der Waals surface area (Å²) in [6, 6.07) is 11.8. The molecule has 7 heteroatoms. The Kier molecular flexibility index (Phi) is 5.57. The van der Waals surface area contributed by atoms with E-state index >= 15 is 0 Å². The van der Waals surface area contributed by atoms with Gasteiger partial charge in [0.1, 0.15) is 12.4 Å². The highest BCUT2D eigenvalue weighted by Gasteiger charge is 2.05. The lowest BCUT2D eigenvalue weighted by molar-refractivity contribution is 0.261. The Morgan fingerprint density at radius 3 is 2.92 bits per heavy atom. The van der Waals surface area contributed by atoms with Gasteiger partial charge < -0.3 is 9.64 Å². The molecule has 0 aliphatic heterocycles. The molecule has 2 aromatic heterocycles. The first-order chi connectivity index (χ1) is 12.1. The molecule has 0 aliphatic rings. The van der Waals surface area contributed by atoms with Gasteiger partial charge in [-0.25, -0.2) is 4.98 Å². The first-order valence-electron chi connectivity index (χ1n) is 8.01. The highest BCUT2D eigenvalue weighted by atomic mass is 32.1. The van der Waals surface area contributed by atoms with Crippen LogP contribution in [0.3, 0.4) is 0 Å². The van der Waals surface area contributed by atoms with Gasteiger partial charge in [0, 0.05) is 18.8 Å². The van der Waals surface area contributed by atoms with E-state index < -0.39 is 0 Å². The fraction of sp³-hybridized carbons (Fsp3) is 0.278. The topological polar surface area (TPSA) is 62.6 Å². The molecular weight excluding hydrogens is 334 g/mol. The zero-order valence-electron chi connectivity index (χ0n) is 14.6. The average molecular weight is 355 g/mol. The number of nitrogens with zero attached hydrogens (tertiary/aromatic N) is 4. The predicted octanol–water partition coefficient (Wildman–Crippen LogP) is 3.47. The minimum Gasteiger partial charge on any atom is -0.492 e. The molecule has 0 unspecified atom stereocenters. The number of para-hydroxylation sites is 1. The van der Waals surface area contributed by atoms with Gasteiger partial charge in [-0.15, -0.1) is 0 Å². The number of aromatic nitrogens is 2. The summed E-state index contributed by atoms with van der Waals surface area (Å²) in [6.45, 7) is 3.41. The molecule has 3 aromatic rings. The maximum Gasteiger partial charge on any atom is 0.204 e. The molecule has 0 spiro atoms. The molecule has 0 atom stereocenters. The summed E-state index contributed by atoms with van der Waals surface area (Å²) in [5.74, 6) is 0.793. The fourth-order valence-electron chi connectivity index (χ4n) is 2.15. The molecule has 1 aromatic carbocycles. The van der Waals surface area contributed by atoms with Crippen molar-refractivity contribution in [3.05, 3.63) is 48.3 Å². The van der Waals surface area contributed by atoms with Crippen LogP contribution in [-0.2, 0) is 0 Å². The van der Waals surface area contributed by atoms with Crippen molar-refractivity contribution in [3.63, 3.8) is 0 Å². The first kappa shape index (κ1) is 17.3. The van der Waals surface area contributed by atoms with Crippen molar-refractivity contribution in [2.24, 2.45) is 5.10 Å². The number of fused-ring (bicyclic) bond motifs is 1. The lowest BCUT2D eigenvalue weighted by atomic mass is 10.2. The number of likely N-dealkylation sites (N-methyl/N-ethyl adjacent to an activating group) is 1. The first-order valence-corrected chi connectivity index (χ1v) is 8.83. The van der Waals surface area contributed by atoms with Crippen molar-refractivity contribution in [2.45, 2.75) is 6.92 Å². The lowest BCUT2D eigenvalue weighted by Gasteiger charge is -2.11. The minimum absolute atomic E-state index is 0.636. The van der Waals surface area contributed by atoms with Gasteiger partial charge in [-0.2, -0.15) is 5.10 Å². The molecule has 0 amide bonds. The van der Waals surface area contributed by atoms with Gasteiger partial charge in [0.25, 0.3) is 0 Å². The van der Waals surface area contributed by atoms with Crippen molar-refractivity contribution in [1.82, 2.24) is 14.9 Å². The minimum atomic E-state index is 0.636. The van der Waals surface area contributed by atoms with Crippen molar-refractivity contribution < 1.29 is 4.74 Å². The summed E-state index contributed by atoms with van der Waals surface area (Å²) < 4.78 is 6.87. The van der Waals surface area contributed by atoms with E-state index in [0.29, 0.717) is 6.61 Å². The molecule has 3 rings (SSSR count). The van der Waals surface area contributed by atoms with Gasteiger partial charge in [-0.1, -0.05) is 23.5 Å². The van der Waals surface area contributed by atoms with Crippen LogP contribution >= 0.6 is 11.3 Å². The number of pyridine rings is 1. The van der Waals surface area contributed by atoms with Gasteiger partial charge in [0.2, 0.25) is 5.13 Å². The van der Waals surface area contributed by atoms with E-state index in [2.05, 4.69) is 25.4 Å². The number of nitrogens with one attached hydrogen (secondary N) is 1. The van der Waals surface area contributed by atoms with Gasteiger partial charge in [0.05, 0.1) is 21.6 Å². The number of hydrogen-bond acceptors (Lipinski definition) is 7. The standard InChI is InChI=1S/C18H21N5OS/c1-13(16-12-14(8-9-19-16)24-11-10-23(2)3)21-22-18-20-15-6-4-5-7-17(15)25-18/h4-9,12H,10-11H2,1-3H3,(H,20,22)/b21-13+. The second-order valence-corrected chi connectivity index (χ2v) is 6.85. The van der Waals surface area contributed by atoms with Crippen LogP contribution in [0.25, 0.3) is 10.2 Å². The highest BCUT2D eigenvalue weighted by Crippen LogP contribution is 2.25. The summed E-state index contributed by atoms with van der Waals surface area (Å²) >= 11 is 1.57. The van der Waals surface area contributed by atoms with Gasteiger partial charge in [0.15, 0.2) is 0 Å². The van der Waals surface area contributed by atoms with Crippen LogP contribution < -0.4 is 10.2 Å². The quantitative estimate of drug-likeness (QED) is 0.519. The fourth-order valence-corrected chi connectivity index (χ4v) is 2.96. The summed E-state index contributed by atoms with van der Waals surface area (Å²) in [5.41, 5.74) is 5.54. The molecule has 0 saturated heterocycles. The van der Waals surface area contributed by atoms with E-state index in [0.717, 1.165) is 39.0 Å². The van der Waals surface area contributed by atoms with Crippen molar-refractivity contribution in [1.29, 1.82) is 0 Å². The van der Waals surface area contributed by atoms with Gasteiger partial charge >= 0.3 is 0 Å². The zero-order chi connectivity index (χ0) is 17.6. The second kappa shape index (κ2) is 8.04. The summed E-state index contributed by atoms with van der Waals surface area (Å²) in [5, 5.41) is 5.16. The SMILES string of the molecule is C/C(=N\Nc1nc2ccccc2s1)c1cc(OCCN(C)C)ccn1. The van der Waals surface area contributed by atoms with Crippen LogP contribution in [-0.4, -0.2) is 47.8 Å². The number of benzene rings is 1. The zero-order valence-corrected chi connectivity index (χ0v) is 15.4. The van der Waals surface area contributed by atoms with Crippen LogP contribution in [0.1, 0.15) is 12.6 Å². The van der Waals surface area contributed by atoms with Crippen molar-refractivity contribution in [2.75, 3.05) is 32.7 Å². The van der Waals surface area contributed by atoms with Crippen molar-refractivity contribution >= 4 is 32.4 Å². The van der Waals surface area contributed by atoms with E-state index in [4.69, 9.17) is 4.74 Å². The molecule has 0 fully saturated rings. The number of anilines is 1. The maximum atomic E-state index is 5.74. The summed E-state index contributed by atoms with van der Waals surface area (Å²) in [7, 11) is 4.04. The molecule has 0 aliphatic carbocycles. The number of ether oxygens (including phenoxy) is 1. The third-order valence-corrected chi connectivity index (χ3v) is 4.46. The number of thiazole rings is 1. The smallest absolute Gasteiger partial charge is 0.204 e. The Bertz CT molecular complexity index is 842. The number of hydrogen-bond donors (Lipinski definition) is 1. The Labute approximate surface area is 151 Å². The van der Waals surface area contributed by atoms with E-state index in [-0.39, 0.29) is 0 Å². The van der Waals surface area contributed by atoms with Crippen molar-refractivity contribution in [3.8, 4) is 5.75 Å². The normalized spacial score (nSPS) is 11.9. The maximum absolute atomic E-state index is 5.74. The molecule has 1 N–H and O–H groups in total.